The summed E-state index contributed by atoms with van der Waals surface area (Å²) in [6.07, 6.45) is -8.88. The van der Waals surface area contributed by atoms with E-state index in [1.807, 2.05) is 0 Å². The molecule has 0 fully saturated rings. The molecule has 0 amide bonds. The molecule has 2 atom stereocenters. The van der Waals surface area contributed by atoms with E-state index >= 15 is 0 Å². The largest absolute Gasteiger partial charge is 0.416 e. The number of rotatable bonds is 7. The number of para-hydroxylation sites is 1. The van der Waals surface area contributed by atoms with Gasteiger partial charge in [-0.15, -0.1) is 10.2 Å². The van der Waals surface area contributed by atoms with E-state index in [9.17, 15) is 28.2 Å². The quantitative estimate of drug-likeness (QED) is 0.339. The minimum absolute atomic E-state index is 0.00216. The molecule has 9 nitrogen and oxygen atoms in total. The van der Waals surface area contributed by atoms with E-state index in [0.717, 1.165) is 4.68 Å². The molecule has 0 radical (unpaired) electrons. The van der Waals surface area contributed by atoms with Crippen LogP contribution >= 0.6 is 34.8 Å². The number of hydrogen-bond acceptors (Lipinski definition) is 6. The van der Waals surface area contributed by atoms with Crippen LogP contribution in [0, 0.1) is 0 Å². The van der Waals surface area contributed by atoms with Gasteiger partial charge in [0.15, 0.2) is 23.6 Å². The summed E-state index contributed by atoms with van der Waals surface area (Å²) in [5.41, 5.74) is -0.409. The molecular weight excluding hydrogens is 560 g/mol. The fraction of sp³-hybridized carbons (Fsp3) is 0.273. The molecule has 2 aromatic carbocycles. The van der Waals surface area contributed by atoms with Crippen LogP contribution in [0.4, 0.5) is 13.2 Å². The highest BCUT2D eigenvalue weighted by molar-refractivity contribution is 6.37. The molecule has 196 valence electrons. The third-order valence-electron chi connectivity index (χ3n) is 5.25. The van der Waals surface area contributed by atoms with Gasteiger partial charge in [-0.1, -0.05) is 40.9 Å². The summed E-state index contributed by atoms with van der Waals surface area (Å²) in [5.74, 6) is -0.0742. The van der Waals surface area contributed by atoms with Gasteiger partial charge in [0.05, 0.1) is 16.6 Å². The molecule has 0 bridgehead atoms. The van der Waals surface area contributed by atoms with Crippen molar-refractivity contribution in [2.24, 2.45) is 0 Å². The predicted octanol–water partition coefficient (Wildman–Crippen LogP) is 4.28. The second-order valence-electron chi connectivity index (χ2n) is 7.98. The number of halogens is 6. The predicted molar refractivity (Wildman–Crippen MR) is 130 cm³/mol. The molecule has 0 saturated carbocycles. The Hall–Kier alpha value is -2.90. The van der Waals surface area contributed by atoms with Gasteiger partial charge >= 0.3 is 11.9 Å². The van der Waals surface area contributed by atoms with Gasteiger partial charge < -0.3 is 10.2 Å². The van der Waals surface area contributed by atoms with Crippen molar-refractivity contribution in [1.82, 2.24) is 29.1 Å². The number of hydrogen-bond donors (Lipinski definition) is 2. The molecule has 0 unspecified atom stereocenters. The van der Waals surface area contributed by atoms with Crippen molar-refractivity contribution < 1.29 is 23.4 Å². The molecule has 0 aliphatic rings. The Labute approximate surface area is 222 Å². The molecule has 0 saturated heterocycles. The van der Waals surface area contributed by atoms with Gasteiger partial charge in [-0.3, -0.25) is 4.57 Å². The number of nitrogens with zero attached hydrogens (tertiary/aromatic N) is 6. The second-order valence-corrected chi connectivity index (χ2v) is 9.23. The molecule has 37 heavy (non-hydrogen) atoms. The summed E-state index contributed by atoms with van der Waals surface area (Å²) >= 11 is 18.4. The van der Waals surface area contributed by atoms with Gasteiger partial charge in [-0.2, -0.15) is 13.2 Å². The van der Waals surface area contributed by atoms with Gasteiger partial charge in [0.1, 0.15) is 18.3 Å². The van der Waals surface area contributed by atoms with Gasteiger partial charge in [-0.25, -0.2) is 19.1 Å². The zero-order chi connectivity index (χ0) is 27.1. The summed E-state index contributed by atoms with van der Waals surface area (Å²) in [4.78, 5) is 17.4. The van der Waals surface area contributed by atoms with Gasteiger partial charge in [0.2, 0.25) is 0 Å². The number of aliphatic hydroxyl groups is 2. The number of aromatic nitrogens is 6. The Morgan fingerprint density at radius 2 is 1.62 bits per heavy atom. The Bertz CT molecular complexity index is 1460. The zero-order valence-electron chi connectivity index (χ0n) is 18.9. The molecule has 2 N–H and O–H groups in total. The van der Waals surface area contributed by atoms with E-state index in [4.69, 9.17) is 34.8 Å². The van der Waals surface area contributed by atoms with Crippen LogP contribution in [0.25, 0.3) is 17.1 Å². The fourth-order valence-electron chi connectivity index (χ4n) is 3.49. The first-order chi connectivity index (χ1) is 17.4. The van der Waals surface area contributed by atoms with Crippen LogP contribution in [0.2, 0.25) is 15.1 Å². The SMILES string of the molecule is C[C@H](O)c1nc(Cn2nc(-c3ccc(Cl)cc3)n(C[C@H](O)C(F)(F)F)c2=O)nn1-c1c(Cl)cccc1Cl. The van der Waals surface area contributed by atoms with Crippen LogP contribution in [-0.2, 0) is 13.1 Å². The first-order valence-electron chi connectivity index (χ1n) is 10.6. The minimum Gasteiger partial charge on any atom is -0.385 e. The van der Waals surface area contributed by atoms with Crippen LogP contribution in [0.1, 0.15) is 24.7 Å². The molecule has 2 aromatic heterocycles. The Kier molecular flexibility index (Phi) is 7.67. The van der Waals surface area contributed by atoms with Crippen molar-refractivity contribution in [3.8, 4) is 17.1 Å². The van der Waals surface area contributed by atoms with Gasteiger partial charge in [-0.05, 0) is 43.3 Å². The van der Waals surface area contributed by atoms with E-state index in [2.05, 4.69) is 15.2 Å². The lowest BCUT2D eigenvalue weighted by molar-refractivity contribution is -0.207. The fourth-order valence-corrected chi connectivity index (χ4v) is 4.18. The minimum atomic E-state index is -4.96. The first kappa shape index (κ1) is 27.1. The van der Waals surface area contributed by atoms with Crippen molar-refractivity contribution in [1.29, 1.82) is 0 Å². The van der Waals surface area contributed by atoms with Crippen molar-refractivity contribution in [3.63, 3.8) is 0 Å². The molecular formula is C22H18Cl3F3N6O3. The van der Waals surface area contributed by atoms with E-state index in [0.29, 0.717) is 15.2 Å². The topological polar surface area (TPSA) is 111 Å². The lowest BCUT2D eigenvalue weighted by Gasteiger charge is -2.15. The summed E-state index contributed by atoms with van der Waals surface area (Å²) in [5, 5.41) is 29.2. The Morgan fingerprint density at radius 3 is 2.19 bits per heavy atom. The Balaban J connectivity index is 1.79. The zero-order valence-corrected chi connectivity index (χ0v) is 21.1. The van der Waals surface area contributed by atoms with Crippen molar-refractivity contribution in [2.45, 2.75) is 38.4 Å². The molecule has 15 heteroatoms. The molecule has 0 aliphatic heterocycles. The third-order valence-corrected chi connectivity index (χ3v) is 6.11. The molecule has 4 rings (SSSR count). The number of alkyl halides is 3. The first-order valence-corrected chi connectivity index (χ1v) is 11.8. The maximum atomic E-state index is 13.1. The molecule has 0 aliphatic carbocycles. The normalized spacial score (nSPS) is 13.6. The van der Waals surface area contributed by atoms with Crippen LogP contribution < -0.4 is 5.69 Å². The van der Waals surface area contributed by atoms with Gasteiger partial charge in [0, 0.05) is 10.6 Å². The van der Waals surface area contributed by atoms with Crippen LogP contribution in [-0.4, -0.2) is 51.6 Å². The molecule has 4 aromatic rings. The van der Waals surface area contributed by atoms with E-state index in [-0.39, 0.29) is 39.8 Å². The van der Waals surface area contributed by atoms with Crippen LogP contribution in [0.15, 0.2) is 47.3 Å². The van der Waals surface area contributed by atoms with Crippen molar-refractivity contribution >= 4 is 34.8 Å². The highest BCUT2D eigenvalue weighted by Gasteiger charge is 2.39. The van der Waals surface area contributed by atoms with Crippen molar-refractivity contribution in [3.05, 3.63) is 79.7 Å². The maximum absolute atomic E-state index is 13.1. The average molecular weight is 578 g/mol. The van der Waals surface area contributed by atoms with E-state index in [1.165, 1.54) is 35.9 Å². The van der Waals surface area contributed by atoms with E-state index < -0.39 is 30.6 Å². The number of benzene rings is 2. The third kappa shape index (κ3) is 5.68. The standard InChI is InChI=1S/C22H18Cl3F3N6O3/c1-11(35)19-29-17(30-34(19)18-14(24)3-2-4-15(18)25)10-33-21(37)32(9-16(36)22(26,27)28)20(31-33)12-5-7-13(23)8-6-12/h2-8,11,16,35-36H,9-10H2,1H3/t11-,16-/m0/s1. The highest BCUT2D eigenvalue weighted by Crippen LogP contribution is 2.30. The summed E-state index contributed by atoms with van der Waals surface area (Å²) in [6, 6.07) is 10.7. The molecule has 0 spiro atoms. The number of aliphatic hydroxyl groups excluding tert-OH is 2. The Morgan fingerprint density at radius 1 is 1.00 bits per heavy atom. The highest BCUT2D eigenvalue weighted by atomic mass is 35.5. The monoisotopic (exact) mass is 576 g/mol. The van der Waals surface area contributed by atoms with Crippen LogP contribution in [0.5, 0.6) is 0 Å². The lowest BCUT2D eigenvalue weighted by Crippen LogP contribution is -2.37. The summed E-state index contributed by atoms with van der Waals surface area (Å²) < 4.78 is 42.0. The molecule has 2 heterocycles. The second kappa shape index (κ2) is 10.5. The van der Waals surface area contributed by atoms with Crippen molar-refractivity contribution in [2.75, 3.05) is 0 Å². The average Bonchev–Trinajstić information content (AvgIpc) is 3.36. The van der Waals surface area contributed by atoms with E-state index in [1.54, 1.807) is 18.2 Å². The maximum Gasteiger partial charge on any atom is 0.416 e. The lowest BCUT2D eigenvalue weighted by atomic mass is 10.2. The summed E-state index contributed by atoms with van der Waals surface area (Å²) in [6.45, 7) is -0.0211. The smallest absolute Gasteiger partial charge is 0.385 e. The van der Waals surface area contributed by atoms with Crippen LogP contribution in [0.3, 0.4) is 0 Å². The van der Waals surface area contributed by atoms with Gasteiger partial charge in [0.25, 0.3) is 0 Å². The summed E-state index contributed by atoms with van der Waals surface area (Å²) in [7, 11) is 0.